The monoisotopic (exact) mass is 739 g/mol. The first-order valence-electron chi connectivity index (χ1n) is 19.9. The van der Waals surface area contributed by atoms with E-state index in [1.807, 2.05) is 0 Å². The molecule has 4 nitrogen and oxygen atoms in total. The predicted octanol–water partition coefficient (Wildman–Crippen LogP) is 14.5. The molecule has 0 radical (unpaired) electrons. The first kappa shape index (κ1) is 31.4. The van der Waals surface area contributed by atoms with Crippen molar-refractivity contribution in [2.75, 3.05) is 0 Å². The molecule has 0 aliphatic rings. The van der Waals surface area contributed by atoms with E-state index in [1.54, 1.807) is 0 Å². The molecule has 4 heteroatoms. The minimum absolute atomic E-state index is 0.885. The number of aromatic nitrogens is 3. The van der Waals surface area contributed by atoms with E-state index >= 15 is 0 Å². The van der Waals surface area contributed by atoms with Gasteiger partial charge >= 0.3 is 0 Å². The van der Waals surface area contributed by atoms with Crippen LogP contribution >= 0.6 is 0 Å². The molecule has 0 fully saturated rings. The molecule has 4 heterocycles. The van der Waals surface area contributed by atoms with Crippen molar-refractivity contribution in [2.24, 2.45) is 0 Å². The highest BCUT2D eigenvalue weighted by molar-refractivity contribution is 6.27. The zero-order valence-electron chi connectivity index (χ0n) is 31.3. The van der Waals surface area contributed by atoms with E-state index in [4.69, 9.17) is 4.42 Å². The Balaban J connectivity index is 1.10. The van der Waals surface area contributed by atoms with Gasteiger partial charge in [0, 0.05) is 60.2 Å². The summed E-state index contributed by atoms with van der Waals surface area (Å²) in [7, 11) is 0. The average molecular weight is 740 g/mol. The van der Waals surface area contributed by atoms with E-state index < -0.39 is 0 Å². The number of rotatable bonds is 4. The van der Waals surface area contributed by atoms with Crippen LogP contribution in [0.4, 0.5) is 0 Å². The Morgan fingerprint density at radius 3 is 1.41 bits per heavy atom. The normalized spacial score (nSPS) is 12.1. The number of fused-ring (bicyclic) bond motifs is 13. The number of hydrogen-bond donors (Lipinski definition) is 0. The second-order valence-electron chi connectivity index (χ2n) is 15.3. The first-order valence-corrected chi connectivity index (χ1v) is 19.9. The van der Waals surface area contributed by atoms with Crippen LogP contribution in [0.5, 0.6) is 0 Å². The van der Waals surface area contributed by atoms with Crippen LogP contribution in [0.15, 0.2) is 205 Å². The molecule has 0 unspecified atom stereocenters. The second kappa shape index (κ2) is 11.8. The fraction of sp³-hybridized carbons (Fsp3) is 0. The third-order valence-corrected chi connectivity index (χ3v) is 12.2. The van der Waals surface area contributed by atoms with Gasteiger partial charge in [-0.2, -0.15) is 0 Å². The van der Waals surface area contributed by atoms with E-state index in [-0.39, 0.29) is 0 Å². The molecule has 0 amide bonds. The molecule has 270 valence electrons. The summed E-state index contributed by atoms with van der Waals surface area (Å²) in [5, 5.41) is 9.57. The van der Waals surface area contributed by atoms with Crippen molar-refractivity contribution in [3.8, 4) is 28.2 Å². The number of hydrogen-bond acceptors (Lipinski definition) is 1. The Hall–Kier alpha value is -7.82. The largest absolute Gasteiger partial charge is 0.454 e. The Bertz CT molecular complexity index is 3730. The summed E-state index contributed by atoms with van der Waals surface area (Å²) in [4.78, 5) is 0. The third-order valence-electron chi connectivity index (χ3n) is 12.2. The van der Waals surface area contributed by atoms with E-state index in [2.05, 4.69) is 214 Å². The van der Waals surface area contributed by atoms with Gasteiger partial charge in [-0.25, -0.2) is 0 Å². The van der Waals surface area contributed by atoms with Gasteiger partial charge in [-0.1, -0.05) is 115 Å². The third kappa shape index (κ3) is 4.29. The van der Waals surface area contributed by atoms with Crippen LogP contribution in [0.25, 0.3) is 116 Å². The Kier molecular flexibility index (Phi) is 6.41. The molecule has 0 aliphatic heterocycles. The first-order chi connectivity index (χ1) is 28.8. The molecule has 0 aliphatic carbocycles. The van der Waals surface area contributed by atoms with Crippen LogP contribution in [-0.2, 0) is 0 Å². The van der Waals surface area contributed by atoms with E-state index in [9.17, 15) is 0 Å². The Morgan fingerprint density at radius 1 is 0.310 bits per heavy atom. The highest BCUT2D eigenvalue weighted by atomic mass is 16.3. The van der Waals surface area contributed by atoms with E-state index in [0.717, 1.165) is 50.0 Å². The summed E-state index contributed by atoms with van der Waals surface area (Å²) >= 11 is 0. The maximum atomic E-state index is 6.88. The van der Waals surface area contributed by atoms with E-state index in [0.29, 0.717) is 0 Å². The second-order valence-corrected chi connectivity index (χ2v) is 15.3. The number of furan rings is 1. The lowest BCUT2D eigenvalue weighted by Gasteiger charge is -2.12. The van der Waals surface area contributed by atoms with Crippen LogP contribution in [-0.4, -0.2) is 13.7 Å². The molecule has 13 aromatic rings. The summed E-state index contributed by atoms with van der Waals surface area (Å²) in [5.41, 5.74) is 14.5. The van der Waals surface area contributed by atoms with Crippen molar-refractivity contribution in [3.05, 3.63) is 200 Å². The molecule has 0 spiro atoms. The van der Waals surface area contributed by atoms with Crippen molar-refractivity contribution in [2.45, 2.75) is 0 Å². The minimum atomic E-state index is 0.885. The van der Waals surface area contributed by atoms with Crippen molar-refractivity contribution in [1.29, 1.82) is 0 Å². The zero-order chi connectivity index (χ0) is 37.9. The Labute approximate surface area is 332 Å². The summed E-state index contributed by atoms with van der Waals surface area (Å²) in [6, 6.07) is 72.4. The zero-order valence-corrected chi connectivity index (χ0v) is 31.3. The highest BCUT2D eigenvalue weighted by Gasteiger charge is 2.24. The fourth-order valence-corrected chi connectivity index (χ4v) is 9.77. The summed E-state index contributed by atoms with van der Waals surface area (Å²) in [5.74, 6) is 0. The van der Waals surface area contributed by atoms with E-state index in [1.165, 1.54) is 65.5 Å². The van der Waals surface area contributed by atoms with Gasteiger partial charge in [0.15, 0.2) is 5.58 Å². The fourth-order valence-electron chi connectivity index (χ4n) is 9.77. The Morgan fingerprint density at radius 2 is 0.776 bits per heavy atom. The van der Waals surface area contributed by atoms with Crippen molar-refractivity contribution in [1.82, 2.24) is 13.7 Å². The smallest absolute Gasteiger partial charge is 0.160 e. The lowest BCUT2D eigenvalue weighted by atomic mass is 9.95. The molecule has 0 saturated carbocycles. The summed E-state index contributed by atoms with van der Waals surface area (Å²) in [6.45, 7) is 0. The lowest BCUT2D eigenvalue weighted by molar-refractivity contribution is 0.671. The summed E-state index contributed by atoms with van der Waals surface area (Å²) < 4.78 is 14.0. The van der Waals surface area contributed by atoms with Crippen LogP contribution in [0, 0.1) is 0 Å². The minimum Gasteiger partial charge on any atom is -0.454 e. The van der Waals surface area contributed by atoms with Crippen molar-refractivity contribution >= 4 is 87.4 Å². The lowest BCUT2D eigenvalue weighted by Crippen LogP contribution is -1.97. The molecule has 9 aromatic carbocycles. The predicted molar refractivity (Wildman–Crippen MR) is 242 cm³/mol. The topological polar surface area (TPSA) is 27.9 Å². The molecule has 0 bridgehead atoms. The van der Waals surface area contributed by atoms with Crippen LogP contribution in [0.2, 0.25) is 0 Å². The van der Waals surface area contributed by atoms with Gasteiger partial charge in [-0.15, -0.1) is 0 Å². The molecule has 4 aromatic heterocycles. The van der Waals surface area contributed by atoms with Gasteiger partial charge < -0.3 is 18.1 Å². The SMILES string of the molecule is c1ccc(-n2c3ccccc3c3cc(-c4cc5c6ccccc6oc5c5c4c4ccccc4n5-c4ccc(-n5c6ccccc6c6ccccc65)cc4)ccc32)cc1. The quantitative estimate of drug-likeness (QED) is 0.177. The molecule has 13 rings (SSSR count). The number of nitrogens with zero attached hydrogens (tertiary/aromatic N) is 3. The van der Waals surface area contributed by atoms with Crippen LogP contribution in [0.3, 0.4) is 0 Å². The average Bonchev–Trinajstić information content (AvgIpc) is 4.03. The maximum Gasteiger partial charge on any atom is 0.160 e. The van der Waals surface area contributed by atoms with Crippen molar-refractivity contribution < 1.29 is 4.42 Å². The van der Waals surface area contributed by atoms with Gasteiger partial charge in [-0.05, 0) is 96.1 Å². The molecule has 58 heavy (non-hydrogen) atoms. The number of para-hydroxylation sites is 6. The number of benzene rings is 9. The van der Waals surface area contributed by atoms with Gasteiger partial charge in [0.1, 0.15) is 5.58 Å². The summed E-state index contributed by atoms with van der Waals surface area (Å²) in [6.07, 6.45) is 0. The van der Waals surface area contributed by atoms with Gasteiger partial charge in [-0.3, -0.25) is 0 Å². The molecule has 0 atom stereocenters. The molecular formula is C54H33N3O. The molecule has 0 saturated heterocycles. The highest BCUT2D eigenvalue weighted by Crippen LogP contribution is 2.46. The van der Waals surface area contributed by atoms with Crippen molar-refractivity contribution in [3.63, 3.8) is 0 Å². The van der Waals surface area contributed by atoms with Gasteiger partial charge in [0.05, 0.1) is 33.1 Å². The van der Waals surface area contributed by atoms with Gasteiger partial charge in [0.2, 0.25) is 0 Å². The van der Waals surface area contributed by atoms with Crippen LogP contribution < -0.4 is 0 Å². The standard InChI is InChI=1S/C54H33N3O/c1-2-14-35(15-3-1)55-48-23-11-6-18-40(48)44-32-34(26-31-50(44)55)43-33-45-41-19-8-13-25-51(41)58-54(45)53-52(43)42-20-7-12-24-49(42)57(53)37-29-27-36(28-30-37)56-46-21-9-4-16-38(46)39-17-5-10-22-47(39)56/h1-33H. The molecular weight excluding hydrogens is 707 g/mol. The maximum absolute atomic E-state index is 6.88. The van der Waals surface area contributed by atoms with Gasteiger partial charge in [0.25, 0.3) is 0 Å². The molecule has 0 N–H and O–H groups in total. The van der Waals surface area contributed by atoms with Crippen LogP contribution in [0.1, 0.15) is 0 Å².